The number of morpholine rings is 1. The van der Waals surface area contributed by atoms with Crippen LogP contribution >= 0.6 is 0 Å². The lowest BCUT2D eigenvalue weighted by molar-refractivity contribution is 0.0376. The summed E-state index contributed by atoms with van der Waals surface area (Å²) in [6.07, 6.45) is 2.15. The molecule has 112 valence electrons. The fraction of sp³-hybridized carbons (Fsp3) is 0.583. The normalized spacial score (nSPS) is 17.2. The summed E-state index contributed by atoms with van der Waals surface area (Å²) in [4.78, 5) is 6.19. The first-order chi connectivity index (χ1) is 9.58. The molecule has 0 aliphatic carbocycles. The number of anilines is 1. The van der Waals surface area contributed by atoms with Crippen molar-refractivity contribution < 1.29 is 13.2 Å². The Kier molecular flexibility index (Phi) is 5.30. The van der Waals surface area contributed by atoms with E-state index in [1.807, 2.05) is 0 Å². The number of sulfonamides is 1. The topological polar surface area (TPSA) is 97.5 Å². The largest absolute Gasteiger partial charge is 0.384 e. The lowest BCUT2D eigenvalue weighted by Gasteiger charge is -2.26. The highest BCUT2D eigenvalue weighted by Crippen LogP contribution is 2.10. The minimum Gasteiger partial charge on any atom is -0.384 e. The molecule has 1 saturated heterocycles. The van der Waals surface area contributed by atoms with Gasteiger partial charge in [-0.05, 0) is 19.0 Å². The molecule has 7 nitrogen and oxygen atoms in total. The van der Waals surface area contributed by atoms with Crippen molar-refractivity contribution in [2.75, 3.05) is 45.1 Å². The number of ether oxygens (including phenoxy) is 1. The summed E-state index contributed by atoms with van der Waals surface area (Å²) in [5, 5.41) is 0. The van der Waals surface area contributed by atoms with Crippen molar-refractivity contribution in [3.8, 4) is 0 Å². The Hall–Kier alpha value is -1.22. The second-order valence-electron chi connectivity index (χ2n) is 4.62. The molecule has 3 N–H and O–H groups in total. The van der Waals surface area contributed by atoms with Crippen molar-refractivity contribution in [2.45, 2.75) is 11.3 Å². The van der Waals surface area contributed by atoms with Gasteiger partial charge >= 0.3 is 0 Å². The van der Waals surface area contributed by atoms with Crippen LogP contribution in [0.15, 0.2) is 23.2 Å². The maximum Gasteiger partial charge on any atom is 0.240 e. The van der Waals surface area contributed by atoms with E-state index in [1.54, 1.807) is 0 Å². The van der Waals surface area contributed by atoms with Gasteiger partial charge in [0.15, 0.2) is 0 Å². The number of hydrogen-bond acceptors (Lipinski definition) is 6. The summed E-state index contributed by atoms with van der Waals surface area (Å²) in [6, 6.07) is 2.78. The number of nitrogens with one attached hydrogen (secondary N) is 1. The first-order valence-electron chi connectivity index (χ1n) is 6.59. The highest BCUT2D eigenvalue weighted by atomic mass is 32.2. The number of rotatable bonds is 6. The van der Waals surface area contributed by atoms with Crippen molar-refractivity contribution in [1.29, 1.82) is 0 Å². The van der Waals surface area contributed by atoms with Gasteiger partial charge in [-0.2, -0.15) is 0 Å². The quantitative estimate of drug-likeness (QED) is 0.698. The van der Waals surface area contributed by atoms with E-state index in [4.69, 9.17) is 10.5 Å². The zero-order chi connectivity index (χ0) is 14.4. The molecule has 0 amide bonds. The SMILES string of the molecule is Nc1cc(S(=O)(=O)NCCCN2CCOCC2)ccn1. The Bertz CT molecular complexity index is 529. The van der Waals surface area contributed by atoms with Crippen LogP contribution in [0.3, 0.4) is 0 Å². The summed E-state index contributed by atoms with van der Waals surface area (Å²) >= 11 is 0. The summed E-state index contributed by atoms with van der Waals surface area (Å²) < 4.78 is 31.8. The Labute approximate surface area is 119 Å². The zero-order valence-electron chi connectivity index (χ0n) is 11.3. The number of nitrogen functional groups attached to an aromatic ring is 1. The molecule has 2 heterocycles. The van der Waals surface area contributed by atoms with Gasteiger partial charge in [-0.25, -0.2) is 18.1 Å². The molecule has 0 atom stereocenters. The maximum atomic E-state index is 12.0. The van der Waals surface area contributed by atoms with Gasteiger partial charge in [0.25, 0.3) is 0 Å². The molecule has 2 rings (SSSR count). The molecule has 0 unspecified atom stereocenters. The zero-order valence-corrected chi connectivity index (χ0v) is 12.1. The molecule has 1 aliphatic rings. The first kappa shape index (κ1) is 15.2. The van der Waals surface area contributed by atoms with Gasteiger partial charge in [-0.15, -0.1) is 0 Å². The third-order valence-corrected chi connectivity index (χ3v) is 4.57. The Morgan fingerprint density at radius 3 is 2.85 bits per heavy atom. The third-order valence-electron chi connectivity index (χ3n) is 3.11. The molecule has 0 aromatic carbocycles. The monoisotopic (exact) mass is 300 g/mol. The van der Waals surface area contributed by atoms with Crippen molar-refractivity contribution in [3.05, 3.63) is 18.3 Å². The Morgan fingerprint density at radius 2 is 2.15 bits per heavy atom. The number of hydrogen-bond donors (Lipinski definition) is 2. The predicted molar refractivity (Wildman–Crippen MR) is 75.7 cm³/mol. The van der Waals surface area contributed by atoms with E-state index < -0.39 is 10.0 Å². The maximum absolute atomic E-state index is 12.0. The molecule has 1 aromatic rings. The molecular weight excluding hydrogens is 280 g/mol. The number of nitrogens with zero attached hydrogens (tertiary/aromatic N) is 2. The van der Waals surface area contributed by atoms with E-state index >= 15 is 0 Å². The summed E-state index contributed by atoms with van der Waals surface area (Å²) in [5.41, 5.74) is 5.49. The van der Waals surface area contributed by atoms with Crippen molar-refractivity contribution in [2.24, 2.45) is 0 Å². The second kappa shape index (κ2) is 6.98. The fourth-order valence-electron chi connectivity index (χ4n) is 2.01. The first-order valence-corrected chi connectivity index (χ1v) is 8.07. The lowest BCUT2D eigenvalue weighted by atomic mass is 10.3. The van der Waals surface area contributed by atoms with Crippen LogP contribution in [-0.2, 0) is 14.8 Å². The molecule has 1 aliphatic heterocycles. The number of pyridine rings is 1. The van der Waals surface area contributed by atoms with Crippen LogP contribution in [0.5, 0.6) is 0 Å². The van der Waals surface area contributed by atoms with Crippen LogP contribution in [0, 0.1) is 0 Å². The van der Waals surface area contributed by atoms with Crippen LogP contribution in [0.4, 0.5) is 5.82 Å². The van der Waals surface area contributed by atoms with Crippen LogP contribution < -0.4 is 10.5 Å². The average Bonchev–Trinajstić information content (AvgIpc) is 2.45. The molecule has 1 aromatic heterocycles. The van der Waals surface area contributed by atoms with Crippen LogP contribution in [0.1, 0.15) is 6.42 Å². The van der Waals surface area contributed by atoms with E-state index in [0.29, 0.717) is 6.54 Å². The molecule has 0 radical (unpaired) electrons. The minimum atomic E-state index is -3.50. The van der Waals surface area contributed by atoms with E-state index in [0.717, 1.165) is 39.3 Å². The van der Waals surface area contributed by atoms with Gasteiger partial charge in [0.05, 0.1) is 18.1 Å². The highest BCUT2D eigenvalue weighted by Gasteiger charge is 2.14. The van der Waals surface area contributed by atoms with Crippen molar-refractivity contribution in [3.63, 3.8) is 0 Å². The molecule has 0 saturated carbocycles. The second-order valence-corrected chi connectivity index (χ2v) is 6.39. The predicted octanol–water partition coefficient (Wildman–Crippen LogP) is -0.336. The Morgan fingerprint density at radius 1 is 1.40 bits per heavy atom. The van der Waals surface area contributed by atoms with Gasteiger partial charge in [0, 0.05) is 31.9 Å². The van der Waals surface area contributed by atoms with Gasteiger partial charge in [-0.1, -0.05) is 0 Å². The summed E-state index contributed by atoms with van der Waals surface area (Å²) in [5.74, 6) is 0.196. The van der Waals surface area contributed by atoms with Crippen molar-refractivity contribution in [1.82, 2.24) is 14.6 Å². The smallest absolute Gasteiger partial charge is 0.240 e. The molecular formula is C12H20N4O3S. The standard InChI is InChI=1S/C12H20N4O3S/c13-12-10-11(2-4-14-12)20(17,18)15-3-1-5-16-6-8-19-9-7-16/h2,4,10,15H,1,3,5-9H2,(H2,13,14). The van der Waals surface area contributed by atoms with Crippen LogP contribution in [-0.4, -0.2) is 57.7 Å². The van der Waals surface area contributed by atoms with Gasteiger partial charge in [0.1, 0.15) is 5.82 Å². The number of nitrogens with two attached hydrogens (primary N) is 1. The van der Waals surface area contributed by atoms with Gasteiger partial charge in [0.2, 0.25) is 10.0 Å². The summed E-state index contributed by atoms with van der Waals surface area (Å²) in [6.45, 7) is 4.59. The van der Waals surface area contributed by atoms with Crippen LogP contribution in [0.25, 0.3) is 0 Å². The van der Waals surface area contributed by atoms with Crippen LogP contribution in [0.2, 0.25) is 0 Å². The molecule has 0 bridgehead atoms. The summed E-state index contributed by atoms with van der Waals surface area (Å²) in [7, 11) is -3.50. The van der Waals surface area contributed by atoms with Crippen molar-refractivity contribution >= 4 is 15.8 Å². The Balaban J connectivity index is 1.78. The molecule has 20 heavy (non-hydrogen) atoms. The van der Waals surface area contributed by atoms with E-state index in [2.05, 4.69) is 14.6 Å². The number of aromatic nitrogens is 1. The highest BCUT2D eigenvalue weighted by molar-refractivity contribution is 7.89. The average molecular weight is 300 g/mol. The molecule has 1 fully saturated rings. The lowest BCUT2D eigenvalue weighted by Crippen LogP contribution is -2.38. The minimum absolute atomic E-state index is 0.149. The molecule has 8 heteroatoms. The van der Waals surface area contributed by atoms with E-state index in [1.165, 1.54) is 18.3 Å². The third kappa shape index (κ3) is 4.41. The van der Waals surface area contributed by atoms with Gasteiger partial charge < -0.3 is 10.5 Å². The molecule has 0 spiro atoms. The van der Waals surface area contributed by atoms with Gasteiger partial charge in [-0.3, -0.25) is 4.90 Å². The van der Waals surface area contributed by atoms with E-state index in [-0.39, 0.29) is 10.7 Å². The fourth-order valence-corrected chi connectivity index (χ4v) is 3.11. The van der Waals surface area contributed by atoms with E-state index in [9.17, 15) is 8.42 Å².